The Morgan fingerprint density at radius 2 is 1.80 bits per heavy atom. The van der Waals surface area contributed by atoms with E-state index in [1.165, 1.54) is 0 Å². The number of aromatic nitrogens is 4. The predicted molar refractivity (Wildman–Crippen MR) is 78.1 cm³/mol. The maximum absolute atomic E-state index is 11.7. The third-order valence-corrected chi connectivity index (χ3v) is 2.86. The molecule has 2 heterocycles. The lowest BCUT2D eigenvalue weighted by Crippen LogP contribution is -2.10. The lowest BCUT2D eigenvalue weighted by Gasteiger charge is -2.05. The van der Waals surface area contributed by atoms with Crippen molar-refractivity contribution in [3.63, 3.8) is 0 Å². The Kier molecular flexibility index (Phi) is 2.67. The summed E-state index contributed by atoms with van der Waals surface area (Å²) in [5, 5.41) is 3.12. The largest absolute Gasteiger partial charge is 0.369 e. The Bertz CT molecular complexity index is 827. The van der Waals surface area contributed by atoms with E-state index in [1.807, 2.05) is 26.0 Å². The van der Waals surface area contributed by atoms with Crippen LogP contribution in [0.1, 0.15) is 11.1 Å². The molecule has 0 atom stereocenters. The highest BCUT2D eigenvalue weighted by atomic mass is 16.1. The van der Waals surface area contributed by atoms with Gasteiger partial charge in [0.15, 0.2) is 11.2 Å². The monoisotopic (exact) mass is 270 g/mol. The van der Waals surface area contributed by atoms with E-state index in [4.69, 9.17) is 5.73 Å². The molecule has 5 N–H and O–H groups in total. The molecule has 0 saturated heterocycles. The van der Waals surface area contributed by atoms with Crippen molar-refractivity contribution in [1.82, 2.24) is 19.9 Å². The maximum atomic E-state index is 11.7. The highest BCUT2D eigenvalue weighted by molar-refractivity contribution is 5.74. The predicted octanol–water partition coefficient (Wildman–Crippen LogP) is 1.59. The molecule has 7 nitrogen and oxygen atoms in total. The fourth-order valence-electron chi connectivity index (χ4n) is 2.17. The van der Waals surface area contributed by atoms with Crippen LogP contribution in [-0.2, 0) is 0 Å². The van der Waals surface area contributed by atoms with E-state index in [-0.39, 0.29) is 17.2 Å². The van der Waals surface area contributed by atoms with Gasteiger partial charge in [0.2, 0.25) is 11.9 Å². The Balaban J connectivity index is 2.03. The molecule has 0 amide bonds. The van der Waals surface area contributed by atoms with Crippen LogP contribution in [0.25, 0.3) is 11.2 Å². The molecule has 1 aromatic carbocycles. The van der Waals surface area contributed by atoms with Crippen molar-refractivity contribution < 1.29 is 0 Å². The average molecular weight is 270 g/mol. The van der Waals surface area contributed by atoms with Crippen molar-refractivity contribution in [1.29, 1.82) is 0 Å². The van der Waals surface area contributed by atoms with E-state index < -0.39 is 0 Å². The number of rotatable bonds is 2. The number of fused-ring (bicyclic) bond motifs is 1. The topological polar surface area (TPSA) is 112 Å². The molecule has 20 heavy (non-hydrogen) atoms. The molecule has 0 spiro atoms. The number of nitrogen functional groups attached to an aromatic ring is 1. The zero-order valence-electron chi connectivity index (χ0n) is 11.1. The molecule has 0 aliphatic heterocycles. The van der Waals surface area contributed by atoms with Gasteiger partial charge in [-0.3, -0.25) is 9.78 Å². The quantitative estimate of drug-likeness (QED) is 0.565. The Morgan fingerprint density at radius 1 is 1.10 bits per heavy atom. The number of aryl methyl sites for hydroxylation is 2. The number of aromatic amines is 2. The number of nitrogens with two attached hydrogens (primary N) is 1. The van der Waals surface area contributed by atoms with E-state index in [9.17, 15) is 4.79 Å². The molecule has 3 aromatic rings. The molecule has 0 aliphatic carbocycles. The van der Waals surface area contributed by atoms with Gasteiger partial charge >= 0.3 is 0 Å². The molecule has 2 aromatic heterocycles. The summed E-state index contributed by atoms with van der Waals surface area (Å²) in [6.45, 7) is 4.04. The van der Waals surface area contributed by atoms with Gasteiger partial charge in [0.1, 0.15) is 0 Å². The first-order valence-electron chi connectivity index (χ1n) is 6.12. The van der Waals surface area contributed by atoms with E-state index in [1.54, 1.807) is 0 Å². The molecule has 0 radical (unpaired) electrons. The van der Waals surface area contributed by atoms with E-state index in [0.717, 1.165) is 16.8 Å². The molecule has 7 heteroatoms. The minimum atomic E-state index is -0.339. The van der Waals surface area contributed by atoms with Gasteiger partial charge in [-0.1, -0.05) is 6.07 Å². The van der Waals surface area contributed by atoms with Crippen molar-refractivity contribution in [3.8, 4) is 0 Å². The molecule has 0 fully saturated rings. The second kappa shape index (κ2) is 4.37. The van der Waals surface area contributed by atoms with Gasteiger partial charge in [0.25, 0.3) is 5.56 Å². The fraction of sp³-hybridized carbons (Fsp3) is 0.154. The van der Waals surface area contributed by atoms with Crippen LogP contribution >= 0.6 is 0 Å². The molecule has 0 aliphatic rings. The summed E-state index contributed by atoms with van der Waals surface area (Å²) in [7, 11) is 0. The summed E-state index contributed by atoms with van der Waals surface area (Å²) >= 11 is 0. The van der Waals surface area contributed by atoms with Crippen LogP contribution in [-0.4, -0.2) is 19.9 Å². The normalized spacial score (nSPS) is 10.9. The Hall–Kier alpha value is -2.83. The van der Waals surface area contributed by atoms with Gasteiger partial charge in [0.05, 0.1) is 0 Å². The highest BCUT2D eigenvalue weighted by Crippen LogP contribution is 2.18. The molecular weight excluding hydrogens is 256 g/mol. The minimum Gasteiger partial charge on any atom is -0.369 e. The van der Waals surface area contributed by atoms with Crippen molar-refractivity contribution in [2.24, 2.45) is 0 Å². The van der Waals surface area contributed by atoms with Gasteiger partial charge in [-0.15, -0.1) is 0 Å². The Morgan fingerprint density at radius 3 is 2.50 bits per heavy atom. The first-order valence-corrected chi connectivity index (χ1v) is 6.12. The SMILES string of the molecule is Cc1cc(C)cc(Nc2nc3nc(N)[nH]c(=O)c3[nH]2)c1. The number of hydrogen-bond donors (Lipinski definition) is 4. The van der Waals surface area contributed by atoms with Gasteiger partial charge in [0, 0.05) is 5.69 Å². The fourth-order valence-corrected chi connectivity index (χ4v) is 2.17. The van der Waals surface area contributed by atoms with Gasteiger partial charge in [-0.25, -0.2) is 0 Å². The second-order valence-electron chi connectivity index (χ2n) is 4.74. The Labute approximate surface area is 114 Å². The van der Waals surface area contributed by atoms with Crippen LogP contribution in [0.3, 0.4) is 0 Å². The zero-order valence-corrected chi connectivity index (χ0v) is 11.1. The third kappa shape index (κ3) is 2.20. The van der Waals surface area contributed by atoms with Crippen LogP contribution in [0, 0.1) is 13.8 Å². The lowest BCUT2D eigenvalue weighted by atomic mass is 10.1. The number of nitrogens with one attached hydrogen (secondary N) is 3. The van der Waals surface area contributed by atoms with Crippen molar-refractivity contribution in [3.05, 3.63) is 39.7 Å². The van der Waals surface area contributed by atoms with Crippen LogP contribution in [0.15, 0.2) is 23.0 Å². The smallest absolute Gasteiger partial charge is 0.278 e. The first kappa shape index (κ1) is 12.2. The number of H-pyrrole nitrogens is 2. The lowest BCUT2D eigenvalue weighted by molar-refractivity contribution is 1.17. The molecular formula is C13H14N6O. The summed E-state index contributed by atoms with van der Waals surface area (Å²) in [5.74, 6) is 0.501. The summed E-state index contributed by atoms with van der Waals surface area (Å²) in [6, 6.07) is 6.06. The van der Waals surface area contributed by atoms with E-state index in [0.29, 0.717) is 11.5 Å². The highest BCUT2D eigenvalue weighted by Gasteiger charge is 2.09. The number of benzene rings is 1. The van der Waals surface area contributed by atoms with Gasteiger partial charge in [-0.2, -0.15) is 9.97 Å². The zero-order chi connectivity index (χ0) is 14.3. The number of nitrogens with zero attached hydrogens (tertiary/aromatic N) is 2. The van der Waals surface area contributed by atoms with Crippen LogP contribution in [0.4, 0.5) is 17.6 Å². The van der Waals surface area contributed by atoms with Gasteiger partial charge < -0.3 is 16.0 Å². The summed E-state index contributed by atoms with van der Waals surface area (Å²) < 4.78 is 0. The standard InChI is InChI=1S/C13H14N6O/c1-6-3-7(2)5-8(4-6)15-13-16-9-10(18-13)17-12(14)19-11(9)20/h3-5H,1-2H3,(H5,14,15,16,17,18,19,20). The van der Waals surface area contributed by atoms with E-state index >= 15 is 0 Å². The maximum Gasteiger partial charge on any atom is 0.278 e. The number of anilines is 3. The molecule has 3 rings (SSSR count). The molecule has 102 valence electrons. The number of hydrogen-bond acceptors (Lipinski definition) is 5. The van der Waals surface area contributed by atoms with Crippen molar-refractivity contribution in [2.75, 3.05) is 11.1 Å². The van der Waals surface area contributed by atoms with Crippen molar-refractivity contribution >= 4 is 28.7 Å². The molecule has 0 saturated carbocycles. The van der Waals surface area contributed by atoms with E-state index in [2.05, 4.69) is 31.3 Å². The van der Waals surface area contributed by atoms with Crippen LogP contribution in [0.5, 0.6) is 0 Å². The van der Waals surface area contributed by atoms with Crippen molar-refractivity contribution in [2.45, 2.75) is 13.8 Å². The second-order valence-corrected chi connectivity index (χ2v) is 4.74. The molecule has 0 unspecified atom stereocenters. The molecule has 0 bridgehead atoms. The number of imidazole rings is 1. The first-order chi connectivity index (χ1) is 9.51. The van der Waals surface area contributed by atoms with Gasteiger partial charge in [-0.05, 0) is 37.1 Å². The third-order valence-electron chi connectivity index (χ3n) is 2.86. The summed E-state index contributed by atoms with van der Waals surface area (Å²) in [5.41, 5.74) is 8.91. The summed E-state index contributed by atoms with van der Waals surface area (Å²) in [6.07, 6.45) is 0. The van der Waals surface area contributed by atoms with Crippen LogP contribution < -0.4 is 16.6 Å². The summed E-state index contributed by atoms with van der Waals surface area (Å²) in [4.78, 5) is 25.2. The minimum absolute atomic E-state index is 0.0481. The average Bonchev–Trinajstić information content (AvgIpc) is 2.70. The van der Waals surface area contributed by atoms with Crippen LogP contribution in [0.2, 0.25) is 0 Å².